The first-order valence-corrected chi connectivity index (χ1v) is 8.75. The van der Waals surface area contributed by atoms with Crippen LogP contribution in [0.1, 0.15) is 37.7 Å². The van der Waals surface area contributed by atoms with Gasteiger partial charge in [0.05, 0.1) is 16.6 Å². The molecule has 0 radical (unpaired) electrons. The quantitative estimate of drug-likeness (QED) is 0.914. The van der Waals surface area contributed by atoms with Gasteiger partial charge in [0.1, 0.15) is 5.69 Å². The number of carbonyl (C=O) groups excluding carboxylic acids is 2. The van der Waals surface area contributed by atoms with Crippen LogP contribution in [-0.4, -0.2) is 40.8 Å². The summed E-state index contributed by atoms with van der Waals surface area (Å²) in [5, 5.41) is 4.32. The molecule has 1 N–H and O–H groups in total. The molecule has 0 saturated carbocycles. The van der Waals surface area contributed by atoms with Crippen molar-refractivity contribution in [3.05, 3.63) is 41.0 Å². The van der Waals surface area contributed by atoms with E-state index in [0.717, 1.165) is 5.39 Å². The van der Waals surface area contributed by atoms with Crippen LogP contribution < -0.4 is 5.32 Å². The number of aromatic nitrogens is 1. The van der Waals surface area contributed by atoms with Crippen LogP contribution in [-0.2, 0) is 4.79 Å². The van der Waals surface area contributed by atoms with Crippen molar-refractivity contribution >= 4 is 34.3 Å². The Morgan fingerprint density at radius 2 is 2.08 bits per heavy atom. The molecule has 0 bridgehead atoms. The van der Waals surface area contributed by atoms with Crippen LogP contribution in [0.3, 0.4) is 0 Å². The van der Waals surface area contributed by atoms with Crippen molar-refractivity contribution in [1.82, 2.24) is 15.2 Å². The van der Waals surface area contributed by atoms with Crippen molar-refractivity contribution in [2.24, 2.45) is 5.41 Å². The van der Waals surface area contributed by atoms with E-state index in [1.54, 1.807) is 12.1 Å². The molecule has 132 valence electrons. The van der Waals surface area contributed by atoms with Gasteiger partial charge in [-0.3, -0.25) is 9.59 Å². The Morgan fingerprint density at radius 1 is 1.32 bits per heavy atom. The summed E-state index contributed by atoms with van der Waals surface area (Å²) in [6.45, 7) is 7.50. The zero-order valence-corrected chi connectivity index (χ0v) is 15.4. The maximum Gasteiger partial charge on any atom is 0.270 e. The lowest BCUT2D eigenvalue weighted by atomic mass is 9.96. The lowest BCUT2D eigenvalue weighted by Gasteiger charge is -2.26. The molecule has 1 aromatic carbocycles. The fourth-order valence-corrected chi connectivity index (χ4v) is 3.32. The summed E-state index contributed by atoms with van der Waals surface area (Å²) in [6.07, 6.45) is 0.330. The zero-order chi connectivity index (χ0) is 18.2. The van der Waals surface area contributed by atoms with Crippen LogP contribution in [0.25, 0.3) is 10.9 Å². The molecule has 2 aromatic rings. The standard InChI is InChI=1S/C19H22ClN3O2/c1-19(2,3)11-23-10-13(9-16(23)24)21-18(25)15-8-7-12-5-4-6-14(20)17(12)22-15/h4-8,13H,9-11H2,1-3H3,(H,21,25)/t13-/m0/s1. The molecular weight excluding hydrogens is 338 g/mol. The highest BCUT2D eigenvalue weighted by Gasteiger charge is 2.33. The molecule has 2 amide bonds. The van der Waals surface area contributed by atoms with Crippen molar-refractivity contribution in [2.75, 3.05) is 13.1 Å². The van der Waals surface area contributed by atoms with Gasteiger partial charge in [-0.05, 0) is 17.5 Å². The molecule has 0 unspecified atom stereocenters. The Balaban J connectivity index is 1.71. The number of hydrogen-bond donors (Lipinski definition) is 1. The Hall–Kier alpha value is -2.14. The van der Waals surface area contributed by atoms with Gasteiger partial charge >= 0.3 is 0 Å². The lowest BCUT2D eigenvalue weighted by molar-refractivity contribution is -0.128. The molecule has 5 nitrogen and oxygen atoms in total. The summed E-state index contributed by atoms with van der Waals surface area (Å²) in [5.74, 6) is -0.202. The Bertz CT molecular complexity index is 829. The number of carbonyl (C=O) groups is 2. The molecule has 1 atom stereocenters. The second-order valence-electron chi connectivity index (χ2n) is 7.72. The summed E-state index contributed by atoms with van der Waals surface area (Å²) in [4.78, 5) is 30.8. The highest BCUT2D eigenvalue weighted by atomic mass is 35.5. The fraction of sp³-hybridized carbons (Fsp3) is 0.421. The number of benzene rings is 1. The maximum absolute atomic E-state index is 12.5. The van der Waals surface area contributed by atoms with E-state index in [0.29, 0.717) is 35.7 Å². The number of halogens is 1. The molecule has 6 heteroatoms. The number of rotatable bonds is 3. The van der Waals surface area contributed by atoms with Crippen LogP contribution in [0.15, 0.2) is 30.3 Å². The lowest BCUT2D eigenvalue weighted by Crippen LogP contribution is -2.39. The monoisotopic (exact) mass is 359 g/mol. The minimum Gasteiger partial charge on any atom is -0.346 e. The summed E-state index contributed by atoms with van der Waals surface area (Å²) >= 11 is 6.16. The zero-order valence-electron chi connectivity index (χ0n) is 14.7. The van der Waals surface area contributed by atoms with E-state index in [9.17, 15) is 9.59 Å². The van der Waals surface area contributed by atoms with Crippen molar-refractivity contribution in [3.63, 3.8) is 0 Å². The average Bonchev–Trinajstić information content (AvgIpc) is 2.85. The van der Waals surface area contributed by atoms with Gasteiger partial charge in [-0.1, -0.05) is 50.6 Å². The largest absolute Gasteiger partial charge is 0.346 e. The molecule has 1 aliphatic heterocycles. The normalized spacial score (nSPS) is 18.0. The SMILES string of the molecule is CC(C)(C)CN1C[C@@H](NC(=O)c2ccc3cccc(Cl)c3n2)CC1=O. The van der Waals surface area contributed by atoms with Gasteiger partial charge in [0, 0.05) is 24.9 Å². The average molecular weight is 360 g/mol. The van der Waals surface area contributed by atoms with Crippen molar-refractivity contribution in [3.8, 4) is 0 Å². The number of fused-ring (bicyclic) bond motifs is 1. The van der Waals surface area contributed by atoms with Crippen molar-refractivity contribution < 1.29 is 9.59 Å². The predicted molar refractivity (Wildman–Crippen MR) is 98.7 cm³/mol. The number of nitrogens with zero attached hydrogens (tertiary/aromatic N) is 2. The van der Waals surface area contributed by atoms with Gasteiger partial charge in [0.15, 0.2) is 0 Å². The molecule has 1 aromatic heterocycles. The highest BCUT2D eigenvalue weighted by Crippen LogP contribution is 2.22. The molecule has 3 rings (SSSR count). The van der Waals surface area contributed by atoms with Gasteiger partial charge in [0.2, 0.25) is 5.91 Å². The number of amides is 2. The summed E-state index contributed by atoms with van der Waals surface area (Å²) in [7, 11) is 0. The van der Waals surface area contributed by atoms with E-state index in [-0.39, 0.29) is 23.3 Å². The van der Waals surface area contributed by atoms with Crippen molar-refractivity contribution in [1.29, 1.82) is 0 Å². The molecule has 0 spiro atoms. The topological polar surface area (TPSA) is 62.3 Å². The third kappa shape index (κ3) is 4.10. The Kier molecular flexibility index (Phi) is 4.69. The molecule has 25 heavy (non-hydrogen) atoms. The minimum absolute atomic E-state index is 0.0329. The van der Waals surface area contributed by atoms with E-state index in [1.165, 1.54) is 0 Å². The number of para-hydroxylation sites is 1. The minimum atomic E-state index is -0.280. The van der Waals surface area contributed by atoms with E-state index in [1.807, 2.05) is 23.1 Å². The first-order valence-electron chi connectivity index (χ1n) is 8.37. The first kappa shape index (κ1) is 17.7. The second kappa shape index (κ2) is 6.64. The molecule has 1 saturated heterocycles. The molecule has 1 aliphatic rings. The van der Waals surface area contributed by atoms with Gasteiger partial charge in [-0.2, -0.15) is 0 Å². The number of hydrogen-bond acceptors (Lipinski definition) is 3. The van der Waals surface area contributed by atoms with E-state index in [4.69, 9.17) is 11.6 Å². The molecule has 1 fully saturated rings. The molecule has 2 heterocycles. The van der Waals surface area contributed by atoms with E-state index in [2.05, 4.69) is 31.1 Å². The van der Waals surface area contributed by atoms with Gasteiger partial charge < -0.3 is 10.2 Å². The fourth-order valence-electron chi connectivity index (χ4n) is 3.09. The molecule has 0 aliphatic carbocycles. The van der Waals surface area contributed by atoms with Gasteiger partial charge in [-0.25, -0.2) is 4.98 Å². The van der Waals surface area contributed by atoms with Gasteiger partial charge in [-0.15, -0.1) is 0 Å². The Morgan fingerprint density at radius 3 is 2.80 bits per heavy atom. The number of nitrogens with one attached hydrogen (secondary N) is 1. The molecular formula is C19H22ClN3O2. The summed E-state index contributed by atoms with van der Waals surface area (Å²) in [6, 6.07) is 8.81. The van der Waals surface area contributed by atoms with Crippen LogP contribution >= 0.6 is 11.6 Å². The van der Waals surface area contributed by atoms with Crippen LogP contribution in [0, 0.1) is 5.41 Å². The van der Waals surface area contributed by atoms with Crippen LogP contribution in [0.2, 0.25) is 5.02 Å². The van der Waals surface area contributed by atoms with Gasteiger partial charge in [0.25, 0.3) is 5.91 Å². The van der Waals surface area contributed by atoms with Crippen LogP contribution in [0.5, 0.6) is 0 Å². The van der Waals surface area contributed by atoms with E-state index < -0.39 is 0 Å². The van der Waals surface area contributed by atoms with Crippen molar-refractivity contribution in [2.45, 2.75) is 33.2 Å². The number of pyridine rings is 1. The van der Waals surface area contributed by atoms with Crippen LogP contribution in [0.4, 0.5) is 0 Å². The first-order chi connectivity index (χ1) is 11.7. The Labute approximate surface area is 152 Å². The summed E-state index contributed by atoms with van der Waals surface area (Å²) < 4.78 is 0. The third-order valence-corrected chi connectivity index (χ3v) is 4.42. The summed E-state index contributed by atoms with van der Waals surface area (Å²) in [5.41, 5.74) is 0.946. The highest BCUT2D eigenvalue weighted by molar-refractivity contribution is 6.35. The second-order valence-corrected chi connectivity index (χ2v) is 8.12. The number of likely N-dealkylation sites (tertiary alicyclic amines) is 1. The smallest absolute Gasteiger partial charge is 0.270 e. The van der Waals surface area contributed by atoms with E-state index >= 15 is 0 Å². The third-order valence-electron chi connectivity index (χ3n) is 4.12. The predicted octanol–water partition coefficient (Wildman–Crippen LogP) is 3.27. The maximum atomic E-state index is 12.5.